The Morgan fingerprint density at radius 1 is 1.30 bits per heavy atom. The molecule has 1 N–H and O–H groups in total. The molecule has 23 heavy (non-hydrogen) atoms. The lowest BCUT2D eigenvalue weighted by molar-refractivity contribution is 0.102. The van der Waals surface area contributed by atoms with E-state index in [1.54, 1.807) is 44.4 Å². The number of benzene rings is 1. The van der Waals surface area contributed by atoms with Crippen molar-refractivity contribution in [2.45, 2.75) is 6.92 Å². The van der Waals surface area contributed by atoms with Gasteiger partial charge in [-0.1, -0.05) is 5.16 Å². The van der Waals surface area contributed by atoms with Crippen molar-refractivity contribution in [1.82, 2.24) is 19.9 Å². The number of methoxy groups -OCH3 is 1. The van der Waals surface area contributed by atoms with Crippen LogP contribution in [0.4, 0.5) is 5.69 Å². The number of nitrogens with one attached hydrogen (secondary N) is 1. The predicted molar refractivity (Wildman–Crippen MR) is 82.2 cm³/mol. The smallest absolute Gasteiger partial charge is 0.262 e. The van der Waals surface area contributed by atoms with Gasteiger partial charge in [0.1, 0.15) is 5.56 Å². The highest BCUT2D eigenvalue weighted by molar-refractivity contribution is 6.05. The van der Waals surface area contributed by atoms with E-state index in [9.17, 15) is 4.79 Å². The fraction of sp³-hybridized carbons (Fsp3) is 0.200. The standard InChI is InChI=1S/C15H15N5O3/c1-9-16-14(23-19-9)10-4-6-11(7-5-10)17-13(21)12-8-20(2)18-15(12)22-3/h4-8H,1-3H3,(H,17,21). The third-order valence-corrected chi connectivity index (χ3v) is 3.15. The summed E-state index contributed by atoms with van der Waals surface area (Å²) in [5, 5.41) is 10.6. The maximum atomic E-state index is 12.3. The van der Waals surface area contributed by atoms with Crippen molar-refractivity contribution >= 4 is 11.6 Å². The first kappa shape index (κ1) is 14.8. The first-order valence-electron chi connectivity index (χ1n) is 6.86. The summed E-state index contributed by atoms with van der Waals surface area (Å²) in [6, 6.07) is 7.11. The monoisotopic (exact) mass is 313 g/mol. The Labute approximate surface area is 132 Å². The first-order valence-corrected chi connectivity index (χ1v) is 6.86. The Kier molecular flexibility index (Phi) is 3.80. The lowest BCUT2D eigenvalue weighted by Crippen LogP contribution is -2.12. The number of hydrogen-bond acceptors (Lipinski definition) is 6. The Bertz CT molecular complexity index is 835. The quantitative estimate of drug-likeness (QED) is 0.792. The summed E-state index contributed by atoms with van der Waals surface area (Å²) in [5.41, 5.74) is 1.79. The fourth-order valence-corrected chi connectivity index (χ4v) is 2.08. The van der Waals surface area contributed by atoms with Crippen LogP contribution in [0.2, 0.25) is 0 Å². The molecule has 1 amide bonds. The lowest BCUT2D eigenvalue weighted by atomic mass is 10.2. The molecule has 0 saturated heterocycles. The highest BCUT2D eigenvalue weighted by atomic mass is 16.5. The van der Waals surface area contributed by atoms with Crippen LogP contribution in [0.25, 0.3) is 11.5 Å². The Morgan fingerprint density at radius 3 is 2.65 bits per heavy atom. The average molecular weight is 313 g/mol. The Balaban J connectivity index is 1.76. The number of amides is 1. The molecule has 0 aliphatic carbocycles. The van der Waals surface area contributed by atoms with E-state index in [1.165, 1.54) is 11.8 Å². The van der Waals surface area contributed by atoms with E-state index in [0.717, 1.165) is 5.56 Å². The van der Waals surface area contributed by atoms with Gasteiger partial charge < -0.3 is 14.6 Å². The zero-order chi connectivity index (χ0) is 16.4. The molecule has 0 unspecified atom stereocenters. The van der Waals surface area contributed by atoms with Gasteiger partial charge in [-0.3, -0.25) is 9.48 Å². The van der Waals surface area contributed by atoms with E-state index in [0.29, 0.717) is 23.0 Å². The van der Waals surface area contributed by atoms with Gasteiger partial charge >= 0.3 is 0 Å². The van der Waals surface area contributed by atoms with Gasteiger partial charge in [-0.05, 0) is 31.2 Å². The number of nitrogens with zero attached hydrogens (tertiary/aromatic N) is 4. The highest BCUT2D eigenvalue weighted by Crippen LogP contribution is 2.21. The molecule has 2 aromatic heterocycles. The van der Waals surface area contributed by atoms with E-state index < -0.39 is 0 Å². The van der Waals surface area contributed by atoms with Crippen molar-refractivity contribution in [3.05, 3.63) is 41.9 Å². The Morgan fingerprint density at radius 2 is 2.04 bits per heavy atom. The average Bonchev–Trinajstić information content (AvgIpc) is 3.13. The Hall–Kier alpha value is -3.16. The lowest BCUT2D eigenvalue weighted by Gasteiger charge is -2.05. The van der Waals surface area contributed by atoms with Crippen LogP contribution < -0.4 is 10.1 Å². The SMILES string of the molecule is COc1nn(C)cc1C(=O)Nc1ccc(-c2nc(C)no2)cc1. The van der Waals surface area contributed by atoms with Crippen LogP contribution in [0.15, 0.2) is 35.0 Å². The number of hydrogen-bond donors (Lipinski definition) is 1. The van der Waals surface area contributed by atoms with Crippen LogP contribution in [-0.2, 0) is 7.05 Å². The van der Waals surface area contributed by atoms with E-state index in [2.05, 4.69) is 20.6 Å². The van der Waals surface area contributed by atoms with Crippen molar-refractivity contribution < 1.29 is 14.1 Å². The summed E-state index contributed by atoms with van der Waals surface area (Å²) in [5.74, 6) is 0.995. The zero-order valence-electron chi connectivity index (χ0n) is 12.9. The second kappa shape index (κ2) is 5.91. The van der Waals surface area contributed by atoms with Crippen LogP contribution in [0.1, 0.15) is 16.2 Å². The van der Waals surface area contributed by atoms with Crippen molar-refractivity contribution in [3.8, 4) is 17.3 Å². The minimum Gasteiger partial charge on any atom is -0.479 e. The number of aryl methyl sites for hydroxylation is 2. The summed E-state index contributed by atoms with van der Waals surface area (Å²) in [7, 11) is 3.20. The molecule has 1 aromatic carbocycles. The summed E-state index contributed by atoms with van der Waals surface area (Å²) >= 11 is 0. The molecule has 0 fully saturated rings. The minimum absolute atomic E-state index is 0.281. The van der Waals surface area contributed by atoms with E-state index in [4.69, 9.17) is 9.26 Å². The molecular weight excluding hydrogens is 298 g/mol. The maximum Gasteiger partial charge on any atom is 0.262 e. The van der Waals surface area contributed by atoms with Crippen molar-refractivity contribution in [2.24, 2.45) is 7.05 Å². The van der Waals surface area contributed by atoms with Gasteiger partial charge in [-0.15, -0.1) is 5.10 Å². The molecule has 118 valence electrons. The van der Waals surface area contributed by atoms with E-state index in [-0.39, 0.29) is 11.8 Å². The van der Waals surface area contributed by atoms with E-state index in [1.807, 2.05) is 0 Å². The molecule has 0 aliphatic rings. The molecule has 3 aromatic rings. The fourth-order valence-electron chi connectivity index (χ4n) is 2.08. The number of rotatable bonds is 4. The summed E-state index contributed by atoms with van der Waals surface area (Å²) in [6.45, 7) is 1.75. The largest absolute Gasteiger partial charge is 0.479 e. The second-order valence-electron chi connectivity index (χ2n) is 4.90. The van der Waals surface area contributed by atoms with Crippen LogP contribution in [0, 0.1) is 6.92 Å². The molecule has 8 heteroatoms. The molecule has 0 atom stereocenters. The van der Waals surface area contributed by atoms with Gasteiger partial charge in [-0.25, -0.2) is 0 Å². The van der Waals surface area contributed by atoms with Gasteiger partial charge in [0, 0.05) is 24.5 Å². The number of aromatic nitrogens is 4. The van der Waals surface area contributed by atoms with Crippen LogP contribution in [-0.4, -0.2) is 32.9 Å². The van der Waals surface area contributed by atoms with Crippen molar-refractivity contribution in [1.29, 1.82) is 0 Å². The van der Waals surface area contributed by atoms with Gasteiger partial charge in [0.15, 0.2) is 5.82 Å². The van der Waals surface area contributed by atoms with Crippen molar-refractivity contribution in [2.75, 3.05) is 12.4 Å². The van der Waals surface area contributed by atoms with Crippen molar-refractivity contribution in [3.63, 3.8) is 0 Å². The van der Waals surface area contributed by atoms with Crippen LogP contribution in [0.3, 0.4) is 0 Å². The number of ether oxygens (including phenoxy) is 1. The molecule has 8 nitrogen and oxygen atoms in total. The van der Waals surface area contributed by atoms with Crippen LogP contribution >= 0.6 is 0 Å². The van der Waals surface area contributed by atoms with Gasteiger partial charge in [-0.2, -0.15) is 4.98 Å². The third kappa shape index (κ3) is 3.05. The van der Waals surface area contributed by atoms with Gasteiger partial charge in [0.05, 0.1) is 7.11 Å². The number of anilines is 1. The molecule has 0 saturated carbocycles. The zero-order valence-corrected chi connectivity index (χ0v) is 12.9. The van der Waals surface area contributed by atoms with Gasteiger partial charge in [0.2, 0.25) is 5.88 Å². The molecule has 3 rings (SSSR count). The summed E-state index contributed by atoms with van der Waals surface area (Å²) in [6.07, 6.45) is 1.60. The molecule has 0 radical (unpaired) electrons. The number of carbonyl (C=O) groups excluding carboxylic acids is 1. The van der Waals surface area contributed by atoms with Crippen LogP contribution in [0.5, 0.6) is 5.88 Å². The predicted octanol–water partition coefficient (Wildman–Crippen LogP) is 2.04. The van der Waals surface area contributed by atoms with E-state index >= 15 is 0 Å². The highest BCUT2D eigenvalue weighted by Gasteiger charge is 2.16. The summed E-state index contributed by atoms with van der Waals surface area (Å²) in [4.78, 5) is 16.4. The second-order valence-corrected chi connectivity index (χ2v) is 4.90. The minimum atomic E-state index is -0.295. The maximum absolute atomic E-state index is 12.3. The molecule has 0 spiro atoms. The topological polar surface area (TPSA) is 95.1 Å². The third-order valence-electron chi connectivity index (χ3n) is 3.15. The molecular formula is C15H15N5O3. The molecule has 2 heterocycles. The summed E-state index contributed by atoms with van der Waals surface area (Å²) < 4.78 is 11.7. The number of carbonyl (C=O) groups is 1. The molecule has 0 aliphatic heterocycles. The first-order chi connectivity index (χ1) is 11.1. The van der Waals surface area contributed by atoms with Gasteiger partial charge in [0.25, 0.3) is 11.8 Å². The molecule has 0 bridgehead atoms. The normalized spacial score (nSPS) is 10.6.